The molecule has 7 heteroatoms. The lowest BCUT2D eigenvalue weighted by Crippen LogP contribution is -2.25. The number of anilines is 1. The molecular formula is C19H20BrClN2O3. The Morgan fingerprint density at radius 3 is 2.73 bits per heavy atom. The topological polar surface area (TPSA) is 67.4 Å². The second kappa shape index (κ2) is 10.3. The first-order valence-corrected chi connectivity index (χ1v) is 9.40. The van der Waals surface area contributed by atoms with Crippen LogP contribution in [0.25, 0.3) is 0 Å². The second-order valence-corrected chi connectivity index (χ2v) is 6.76. The Kier molecular flexibility index (Phi) is 8.09. The molecule has 0 atom stereocenters. The van der Waals surface area contributed by atoms with Crippen LogP contribution in [0.5, 0.6) is 0 Å². The van der Waals surface area contributed by atoms with E-state index in [1.165, 1.54) is 0 Å². The number of nitrogens with one attached hydrogen (secondary N) is 2. The van der Waals surface area contributed by atoms with Gasteiger partial charge in [0.1, 0.15) is 0 Å². The summed E-state index contributed by atoms with van der Waals surface area (Å²) in [7, 11) is 0. The normalized spacial score (nSPS) is 10.4. The third-order valence-electron chi connectivity index (χ3n) is 3.51. The molecule has 0 heterocycles. The molecule has 2 amide bonds. The average molecular weight is 440 g/mol. The predicted molar refractivity (Wildman–Crippen MR) is 107 cm³/mol. The molecule has 0 aliphatic rings. The van der Waals surface area contributed by atoms with Gasteiger partial charge in [0.15, 0.2) is 0 Å². The molecule has 0 aliphatic carbocycles. The van der Waals surface area contributed by atoms with Gasteiger partial charge in [0, 0.05) is 40.5 Å². The molecule has 0 saturated heterocycles. The van der Waals surface area contributed by atoms with Crippen LogP contribution in [0.1, 0.15) is 34.1 Å². The highest BCUT2D eigenvalue weighted by atomic mass is 79.9. The summed E-state index contributed by atoms with van der Waals surface area (Å²) in [5.41, 5.74) is 1.43. The number of carbonyl (C=O) groups is 2. The van der Waals surface area contributed by atoms with Crippen LogP contribution in [-0.2, 0) is 4.74 Å². The van der Waals surface area contributed by atoms with Crippen LogP contribution in [0, 0.1) is 0 Å². The SMILES string of the molecule is CCOCCCNC(=O)c1cccc(NC(=O)c2cc(Cl)ccc2Br)c1. The third kappa shape index (κ3) is 6.12. The summed E-state index contributed by atoms with van der Waals surface area (Å²) in [6, 6.07) is 11.8. The standard InChI is InChI=1S/C19H20BrClN2O3/c1-2-26-10-4-9-22-18(24)13-5-3-6-15(11-13)23-19(25)16-12-14(21)7-8-17(16)20/h3,5-8,11-12H,2,4,9-10H2,1H3,(H,22,24)(H,23,25). The van der Waals surface area contributed by atoms with Gasteiger partial charge in [-0.15, -0.1) is 0 Å². The van der Waals surface area contributed by atoms with Crippen molar-refractivity contribution in [2.75, 3.05) is 25.1 Å². The molecule has 2 N–H and O–H groups in total. The molecule has 0 aromatic heterocycles. The van der Waals surface area contributed by atoms with Crippen LogP contribution < -0.4 is 10.6 Å². The number of amides is 2. The molecule has 0 aliphatic heterocycles. The summed E-state index contributed by atoms with van der Waals surface area (Å²) in [5, 5.41) is 6.08. The molecule has 0 saturated carbocycles. The molecule has 0 unspecified atom stereocenters. The van der Waals surface area contributed by atoms with E-state index in [9.17, 15) is 9.59 Å². The van der Waals surface area contributed by atoms with E-state index < -0.39 is 0 Å². The average Bonchev–Trinajstić information content (AvgIpc) is 2.63. The molecule has 5 nitrogen and oxygen atoms in total. The van der Waals surface area contributed by atoms with Crippen molar-refractivity contribution in [1.29, 1.82) is 0 Å². The zero-order chi connectivity index (χ0) is 18.9. The van der Waals surface area contributed by atoms with Crippen LogP contribution in [0.3, 0.4) is 0 Å². The first-order valence-electron chi connectivity index (χ1n) is 8.23. The maximum absolute atomic E-state index is 12.4. The molecule has 138 valence electrons. The Morgan fingerprint density at radius 1 is 1.15 bits per heavy atom. The third-order valence-corrected chi connectivity index (χ3v) is 4.44. The summed E-state index contributed by atoms with van der Waals surface area (Å²) in [4.78, 5) is 24.6. The molecule has 2 rings (SSSR count). The first kappa shape index (κ1) is 20.4. The fourth-order valence-corrected chi connectivity index (χ4v) is 2.83. The van der Waals surface area contributed by atoms with Crippen LogP contribution in [0.2, 0.25) is 5.02 Å². The number of hydrogen-bond acceptors (Lipinski definition) is 3. The highest BCUT2D eigenvalue weighted by Gasteiger charge is 2.12. The van der Waals surface area contributed by atoms with E-state index >= 15 is 0 Å². The van der Waals surface area contributed by atoms with Crippen molar-refractivity contribution in [3.63, 3.8) is 0 Å². The minimum absolute atomic E-state index is 0.193. The number of benzene rings is 2. The van der Waals surface area contributed by atoms with Gasteiger partial charge in [-0.3, -0.25) is 9.59 Å². The van der Waals surface area contributed by atoms with Gasteiger partial charge in [-0.05, 0) is 65.7 Å². The minimum atomic E-state index is -0.311. The summed E-state index contributed by atoms with van der Waals surface area (Å²) >= 11 is 9.28. The number of ether oxygens (including phenoxy) is 1. The fraction of sp³-hybridized carbons (Fsp3) is 0.263. The molecule has 0 radical (unpaired) electrons. The predicted octanol–water partition coefficient (Wildman–Crippen LogP) is 4.51. The van der Waals surface area contributed by atoms with E-state index in [0.717, 1.165) is 6.42 Å². The number of halogens is 2. The lowest BCUT2D eigenvalue weighted by Gasteiger charge is -2.10. The fourth-order valence-electron chi connectivity index (χ4n) is 2.23. The molecule has 0 spiro atoms. The van der Waals surface area contributed by atoms with Gasteiger partial charge in [-0.25, -0.2) is 0 Å². The summed E-state index contributed by atoms with van der Waals surface area (Å²) in [5.74, 6) is -0.504. The zero-order valence-corrected chi connectivity index (χ0v) is 16.7. The van der Waals surface area contributed by atoms with Crippen LogP contribution >= 0.6 is 27.5 Å². The van der Waals surface area contributed by atoms with Gasteiger partial charge >= 0.3 is 0 Å². The lowest BCUT2D eigenvalue weighted by molar-refractivity contribution is 0.0943. The Morgan fingerprint density at radius 2 is 1.96 bits per heavy atom. The van der Waals surface area contributed by atoms with E-state index in [1.54, 1.807) is 42.5 Å². The van der Waals surface area contributed by atoms with E-state index in [2.05, 4.69) is 26.6 Å². The van der Waals surface area contributed by atoms with Crippen molar-refractivity contribution in [2.24, 2.45) is 0 Å². The number of hydrogen-bond donors (Lipinski definition) is 2. The maximum atomic E-state index is 12.4. The van der Waals surface area contributed by atoms with Crippen molar-refractivity contribution in [2.45, 2.75) is 13.3 Å². The van der Waals surface area contributed by atoms with E-state index in [4.69, 9.17) is 16.3 Å². The Labute approximate surface area is 166 Å². The van der Waals surface area contributed by atoms with Gasteiger partial charge in [0.2, 0.25) is 0 Å². The van der Waals surface area contributed by atoms with Crippen LogP contribution in [0.4, 0.5) is 5.69 Å². The van der Waals surface area contributed by atoms with Gasteiger partial charge in [0.05, 0.1) is 5.56 Å². The molecular weight excluding hydrogens is 420 g/mol. The summed E-state index contributed by atoms with van der Waals surface area (Å²) < 4.78 is 5.87. The summed E-state index contributed by atoms with van der Waals surface area (Å²) in [6.45, 7) is 3.74. The zero-order valence-electron chi connectivity index (χ0n) is 14.4. The van der Waals surface area contributed by atoms with Crippen LogP contribution in [0.15, 0.2) is 46.9 Å². The first-order chi connectivity index (χ1) is 12.5. The Bertz CT molecular complexity index is 783. The van der Waals surface area contributed by atoms with Gasteiger partial charge in [0.25, 0.3) is 11.8 Å². The summed E-state index contributed by atoms with van der Waals surface area (Å²) in [6.07, 6.45) is 0.749. The van der Waals surface area contributed by atoms with Gasteiger partial charge in [-0.1, -0.05) is 17.7 Å². The minimum Gasteiger partial charge on any atom is -0.382 e. The highest BCUT2D eigenvalue weighted by molar-refractivity contribution is 9.10. The van der Waals surface area contributed by atoms with Crippen molar-refractivity contribution in [3.05, 3.63) is 63.1 Å². The molecule has 26 heavy (non-hydrogen) atoms. The van der Waals surface area contributed by atoms with Crippen molar-refractivity contribution in [3.8, 4) is 0 Å². The lowest BCUT2D eigenvalue weighted by atomic mass is 10.1. The number of rotatable bonds is 8. The quantitative estimate of drug-likeness (QED) is 0.595. The maximum Gasteiger partial charge on any atom is 0.256 e. The monoisotopic (exact) mass is 438 g/mol. The molecule has 0 bridgehead atoms. The molecule has 2 aromatic rings. The molecule has 2 aromatic carbocycles. The van der Waals surface area contributed by atoms with Crippen LogP contribution in [-0.4, -0.2) is 31.6 Å². The van der Waals surface area contributed by atoms with E-state index in [1.807, 2.05) is 6.92 Å². The van der Waals surface area contributed by atoms with Gasteiger partial charge < -0.3 is 15.4 Å². The Hall–Kier alpha value is -1.89. The highest BCUT2D eigenvalue weighted by Crippen LogP contribution is 2.22. The van der Waals surface area contributed by atoms with E-state index in [-0.39, 0.29) is 11.8 Å². The largest absolute Gasteiger partial charge is 0.382 e. The number of carbonyl (C=O) groups excluding carboxylic acids is 2. The molecule has 0 fully saturated rings. The van der Waals surface area contributed by atoms with Crippen molar-refractivity contribution >= 4 is 45.0 Å². The second-order valence-electron chi connectivity index (χ2n) is 5.47. The Balaban J connectivity index is 1.99. The van der Waals surface area contributed by atoms with E-state index in [0.29, 0.717) is 46.1 Å². The van der Waals surface area contributed by atoms with Gasteiger partial charge in [-0.2, -0.15) is 0 Å². The van der Waals surface area contributed by atoms with Crippen molar-refractivity contribution in [1.82, 2.24) is 5.32 Å². The smallest absolute Gasteiger partial charge is 0.256 e. The van der Waals surface area contributed by atoms with Crippen molar-refractivity contribution < 1.29 is 14.3 Å².